The van der Waals surface area contributed by atoms with E-state index in [2.05, 4.69) is 20.4 Å². The molecule has 1 heterocycles. The molecule has 0 aromatic carbocycles. The fourth-order valence-electron chi connectivity index (χ4n) is 2.92. The minimum atomic E-state index is -0.0430. The van der Waals surface area contributed by atoms with Gasteiger partial charge in [-0.15, -0.1) is 6.58 Å². The maximum Gasteiger partial charge on any atom is 0.0749 e. The number of hydrogen-bond donors (Lipinski definition) is 1. The van der Waals surface area contributed by atoms with Crippen molar-refractivity contribution in [1.82, 2.24) is 0 Å². The molecule has 1 aliphatic rings. The summed E-state index contributed by atoms with van der Waals surface area (Å²) in [5, 5.41) is 9.31. The Labute approximate surface area is 93.3 Å². The predicted molar refractivity (Wildman–Crippen MR) is 62.8 cm³/mol. The predicted octanol–water partition coefficient (Wildman–Crippen LogP) is 2.77. The SMILES string of the molecule is C=CC1C(CO)COC1(CCC)CCC. The van der Waals surface area contributed by atoms with Crippen molar-refractivity contribution < 1.29 is 9.84 Å². The highest BCUT2D eigenvalue weighted by molar-refractivity contribution is 5.04. The summed E-state index contributed by atoms with van der Waals surface area (Å²) in [5.74, 6) is 0.572. The molecule has 0 saturated carbocycles. The first-order chi connectivity index (χ1) is 7.24. The van der Waals surface area contributed by atoms with E-state index in [-0.39, 0.29) is 18.1 Å². The van der Waals surface area contributed by atoms with Gasteiger partial charge in [0, 0.05) is 18.4 Å². The third kappa shape index (κ3) is 2.43. The number of ether oxygens (including phenoxy) is 1. The van der Waals surface area contributed by atoms with Crippen LogP contribution in [0.4, 0.5) is 0 Å². The van der Waals surface area contributed by atoms with E-state index in [4.69, 9.17) is 4.74 Å². The smallest absolute Gasteiger partial charge is 0.0749 e. The van der Waals surface area contributed by atoms with E-state index in [1.165, 1.54) is 0 Å². The highest BCUT2D eigenvalue weighted by Crippen LogP contribution is 2.43. The lowest BCUT2D eigenvalue weighted by Crippen LogP contribution is -2.36. The van der Waals surface area contributed by atoms with Crippen molar-refractivity contribution in [1.29, 1.82) is 0 Å². The van der Waals surface area contributed by atoms with Crippen LogP contribution in [0, 0.1) is 11.8 Å². The number of aliphatic hydroxyl groups excluding tert-OH is 1. The van der Waals surface area contributed by atoms with Gasteiger partial charge in [-0.2, -0.15) is 0 Å². The zero-order valence-corrected chi connectivity index (χ0v) is 10.0. The summed E-state index contributed by atoms with van der Waals surface area (Å²) in [6, 6.07) is 0. The van der Waals surface area contributed by atoms with E-state index in [0.29, 0.717) is 12.5 Å². The average Bonchev–Trinajstić information content (AvgIpc) is 2.57. The Kier molecular flexibility index (Phi) is 4.81. The van der Waals surface area contributed by atoms with Crippen LogP contribution in [0.1, 0.15) is 39.5 Å². The monoisotopic (exact) mass is 212 g/mol. The lowest BCUT2D eigenvalue weighted by molar-refractivity contribution is -0.0267. The molecule has 2 nitrogen and oxygen atoms in total. The summed E-state index contributed by atoms with van der Waals surface area (Å²) in [5.41, 5.74) is -0.0430. The van der Waals surface area contributed by atoms with Crippen LogP contribution in [0.5, 0.6) is 0 Å². The molecule has 2 heteroatoms. The first kappa shape index (κ1) is 12.7. The normalized spacial score (nSPS) is 29.3. The molecule has 0 bridgehead atoms. The molecule has 0 aromatic heterocycles. The van der Waals surface area contributed by atoms with Gasteiger partial charge in [-0.1, -0.05) is 32.8 Å². The second-order valence-corrected chi connectivity index (χ2v) is 4.58. The van der Waals surface area contributed by atoms with Crippen LogP contribution in [0.3, 0.4) is 0 Å². The average molecular weight is 212 g/mol. The van der Waals surface area contributed by atoms with Crippen molar-refractivity contribution in [3.63, 3.8) is 0 Å². The van der Waals surface area contributed by atoms with Gasteiger partial charge in [0.1, 0.15) is 0 Å². The molecule has 0 aliphatic carbocycles. The molecule has 2 atom stereocenters. The largest absolute Gasteiger partial charge is 0.396 e. The summed E-state index contributed by atoms with van der Waals surface area (Å²) in [6.07, 6.45) is 6.40. The Balaban J connectivity index is 2.81. The summed E-state index contributed by atoms with van der Waals surface area (Å²) in [4.78, 5) is 0. The molecule has 0 aromatic rings. The zero-order valence-electron chi connectivity index (χ0n) is 10.0. The first-order valence-electron chi connectivity index (χ1n) is 6.11. The minimum Gasteiger partial charge on any atom is -0.396 e. The van der Waals surface area contributed by atoms with Crippen LogP contribution in [0.2, 0.25) is 0 Å². The molecular weight excluding hydrogens is 188 g/mol. The van der Waals surface area contributed by atoms with Crippen molar-refractivity contribution in [2.45, 2.75) is 45.1 Å². The standard InChI is InChI=1S/C13H24O2/c1-4-7-13(8-5-2)12(6-3)11(9-14)10-15-13/h6,11-12,14H,3-5,7-10H2,1-2H3. The molecule has 0 spiro atoms. The number of hydrogen-bond acceptors (Lipinski definition) is 2. The molecule has 0 amide bonds. The third-order valence-corrected chi connectivity index (χ3v) is 3.54. The molecule has 88 valence electrons. The first-order valence-corrected chi connectivity index (χ1v) is 6.11. The Morgan fingerprint density at radius 1 is 1.40 bits per heavy atom. The van der Waals surface area contributed by atoms with Crippen LogP contribution in [-0.4, -0.2) is 23.9 Å². The maximum absolute atomic E-state index is 9.31. The van der Waals surface area contributed by atoms with Crippen molar-refractivity contribution in [2.24, 2.45) is 11.8 Å². The van der Waals surface area contributed by atoms with Crippen LogP contribution < -0.4 is 0 Å². The second kappa shape index (κ2) is 5.66. The van der Waals surface area contributed by atoms with Gasteiger partial charge >= 0.3 is 0 Å². The molecule has 0 radical (unpaired) electrons. The Morgan fingerprint density at radius 2 is 2.00 bits per heavy atom. The lowest BCUT2D eigenvalue weighted by Gasteiger charge is -2.34. The van der Waals surface area contributed by atoms with E-state index >= 15 is 0 Å². The van der Waals surface area contributed by atoms with Crippen LogP contribution in [-0.2, 0) is 4.74 Å². The Morgan fingerprint density at radius 3 is 2.40 bits per heavy atom. The molecule has 1 rings (SSSR count). The molecule has 15 heavy (non-hydrogen) atoms. The topological polar surface area (TPSA) is 29.5 Å². The number of aliphatic hydroxyl groups is 1. The maximum atomic E-state index is 9.31. The van der Waals surface area contributed by atoms with E-state index in [9.17, 15) is 5.11 Å². The van der Waals surface area contributed by atoms with Gasteiger partial charge in [0.25, 0.3) is 0 Å². The minimum absolute atomic E-state index is 0.0430. The summed E-state index contributed by atoms with van der Waals surface area (Å²) in [7, 11) is 0. The third-order valence-electron chi connectivity index (χ3n) is 3.54. The summed E-state index contributed by atoms with van der Waals surface area (Å²) < 4.78 is 6.00. The van der Waals surface area contributed by atoms with Gasteiger partial charge in [0.05, 0.1) is 12.2 Å². The van der Waals surface area contributed by atoms with Crippen LogP contribution in [0.25, 0.3) is 0 Å². The van der Waals surface area contributed by atoms with Gasteiger partial charge in [-0.3, -0.25) is 0 Å². The molecule has 2 unspecified atom stereocenters. The highest BCUT2D eigenvalue weighted by atomic mass is 16.5. The molecule has 1 saturated heterocycles. The van der Waals surface area contributed by atoms with Gasteiger partial charge in [-0.25, -0.2) is 0 Å². The fraction of sp³-hybridized carbons (Fsp3) is 0.846. The second-order valence-electron chi connectivity index (χ2n) is 4.58. The zero-order chi connectivity index (χ0) is 11.3. The van der Waals surface area contributed by atoms with Gasteiger partial charge in [-0.05, 0) is 12.8 Å². The van der Waals surface area contributed by atoms with E-state index in [1.807, 2.05) is 6.08 Å². The van der Waals surface area contributed by atoms with Gasteiger partial charge in [0.2, 0.25) is 0 Å². The van der Waals surface area contributed by atoms with Crippen LogP contribution >= 0.6 is 0 Å². The van der Waals surface area contributed by atoms with Gasteiger partial charge < -0.3 is 9.84 Å². The summed E-state index contributed by atoms with van der Waals surface area (Å²) in [6.45, 7) is 9.19. The van der Waals surface area contributed by atoms with Crippen LogP contribution in [0.15, 0.2) is 12.7 Å². The van der Waals surface area contributed by atoms with Crippen molar-refractivity contribution in [2.75, 3.05) is 13.2 Å². The van der Waals surface area contributed by atoms with Crippen molar-refractivity contribution in [3.8, 4) is 0 Å². The lowest BCUT2D eigenvalue weighted by atomic mass is 9.76. The van der Waals surface area contributed by atoms with E-state index in [0.717, 1.165) is 25.7 Å². The number of rotatable bonds is 6. The molecule has 1 aliphatic heterocycles. The van der Waals surface area contributed by atoms with Crippen molar-refractivity contribution in [3.05, 3.63) is 12.7 Å². The van der Waals surface area contributed by atoms with E-state index < -0.39 is 0 Å². The molecule has 1 fully saturated rings. The Hall–Kier alpha value is -0.340. The molecular formula is C13H24O2. The Bertz CT molecular complexity index is 195. The fourth-order valence-corrected chi connectivity index (χ4v) is 2.92. The quantitative estimate of drug-likeness (QED) is 0.686. The van der Waals surface area contributed by atoms with Crippen molar-refractivity contribution >= 4 is 0 Å². The summed E-state index contributed by atoms with van der Waals surface area (Å²) >= 11 is 0. The highest BCUT2D eigenvalue weighted by Gasteiger charge is 2.46. The van der Waals surface area contributed by atoms with Gasteiger partial charge in [0.15, 0.2) is 0 Å². The van der Waals surface area contributed by atoms with E-state index in [1.54, 1.807) is 0 Å². The molecule has 1 N–H and O–H groups in total.